The van der Waals surface area contributed by atoms with E-state index in [2.05, 4.69) is 24.1 Å². The van der Waals surface area contributed by atoms with Crippen molar-refractivity contribution in [2.24, 2.45) is 5.92 Å². The third kappa shape index (κ3) is 4.57. The first-order chi connectivity index (χ1) is 7.59. The van der Waals surface area contributed by atoms with Crippen LogP contribution in [0.1, 0.15) is 25.8 Å². The zero-order valence-electron chi connectivity index (χ0n) is 10.4. The van der Waals surface area contributed by atoms with Gasteiger partial charge in [0.15, 0.2) is 0 Å². The van der Waals surface area contributed by atoms with Gasteiger partial charge in [-0.3, -0.25) is 4.57 Å². The molecule has 1 aromatic rings. The van der Waals surface area contributed by atoms with Crippen LogP contribution in [0.5, 0.6) is 0 Å². The maximum Gasteiger partial charge on any atom is 0.347 e. The summed E-state index contributed by atoms with van der Waals surface area (Å²) in [5, 5.41) is 3.32. The molecule has 4 heteroatoms. The number of hydrogen-bond donors (Lipinski definition) is 1. The minimum atomic E-state index is -0.170. The minimum Gasteiger partial charge on any atom is -0.315 e. The number of nitrogens with zero attached hydrogens (tertiary/aromatic N) is 2. The highest BCUT2D eigenvalue weighted by molar-refractivity contribution is 4.99. The van der Waals surface area contributed by atoms with Crippen LogP contribution in [-0.2, 0) is 6.54 Å². The van der Waals surface area contributed by atoms with E-state index in [4.69, 9.17) is 0 Å². The van der Waals surface area contributed by atoms with E-state index in [1.54, 1.807) is 10.8 Å². The lowest BCUT2D eigenvalue weighted by Gasteiger charge is -2.08. The first kappa shape index (κ1) is 12.9. The molecule has 90 valence electrons. The molecule has 16 heavy (non-hydrogen) atoms. The van der Waals surface area contributed by atoms with Gasteiger partial charge in [0.05, 0.1) is 0 Å². The van der Waals surface area contributed by atoms with Crippen molar-refractivity contribution < 1.29 is 0 Å². The lowest BCUT2D eigenvalue weighted by atomic mass is 10.1. The van der Waals surface area contributed by atoms with Crippen molar-refractivity contribution in [3.8, 4) is 0 Å². The second-order valence-electron chi connectivity index (χ2n) is 4.54. The summed E-state index contributed by atoms with van der Waals surface area (Å²) in [5.74, 6) is 0.718. The highest BCUT2D eigenvalue weighted by Gasteiger charge is 1.97. The molecule has 1 rings (SSSR count). The second-order valence-corrected chi connectivity index (χ2v) is 4.54. The smallest absolute Gasteiger partial charge is 0.315 e. The molecule has 4 nitrogen and oxygen atoms in total. The molecule has 0 radical (unpaired) electrons. The Bertz CT molecular complexity index is 371. The molecular formula is C12H21N3O. The fourth-order valence-corrected chi connectivity index (χ4v) is 1.44. The van der Waals surface area contributed by atoms with Gasteiger partial charge in [-0.2, -0.15) is 0 Å². The maximum absolute atomic E-state index is 11.4. The van der Waals surface area contributed by atoms with Crippen molar-refractivity contribution >= 4 is 0 Å². The summed E-state index contributed by atoms with van der Waals surface area (Å²) >= 11 is 0. The Labute approximate surface area is 96.7 Å². The Hall–Kier alpha value is -1.16. The molecule has 1 heterocycles. The van der Waals surface area contributed by atoms with Crippen LogP contribution in [0, 0.1) is 12.8 Å². The molecule has 0 spiro atoms. The lowest BCUT2D eigenvalue weighted by molar-refractivity contribution is 0.513. The third-order valence-electron chi connectivity index (χ3n) is 2.41. The fourth-order valence-electron chi connectivity index (χ4n) is 1.44. The molecule has 0 saturated carbocycles. The van der Waals surface area contributed by atoms with Gasteiger partial charge in [0.1, 0.15) is 0 Å². The average molecular weight is 223 g/mol. The predicted molar refractivity (Wildman–Crippen MR) is 65.6 cm³/mol. The standard InChI is InChI=1S/C12H21N3O/c1-10(2)4-5-13-6-7-15-9-11(3)8-14-12(15)16/h8-10,13H,4-7H2,1-3H3. The van der Waals surface area contributed by atoms with Crippen molar-refractivity contribution in [1.82, 2.24) is 14.9 Å². The number of hydrogen-bond acceptors (Lipinski definition) is 3. The van der Waals surface area contributed by atoms with Crippen LogP contribution in [0.4, 0.5) is 0 Å². The number of aryl methyl sites for hydroxylation is 1. The first-order valence-electron chi connectivity index (χ1n) is 5.83. The molecular weight excluding hydrogens is 202 g/mol. The fraction of sp³-hybridized carbons (Fsp3) is 0.667. The van der Waals surface area contributed by atoms with Crippen molar-refractivity contribution in [2.45, 2.75) is 33.7 Å². The third-order valence-corrected chi connectivity index (χ3v) is 2.41. The Morgan fingerprint density at radius 2 is 2.19 bits per heavy atom. The van der Waals surface area contributed by atoms with Gasteiger partial charge in [-0.05, 0) is 31.4 Å². The van der Waals surface area contributed by atoms with E-state index in [9.17, 15) is 4.79 Å². The Morgan fingerprint density at radius 3 is 2.88 bits per heavy atom. The Morgan fingerprint density at radius 1 is 1.44 bits per heavy atom. The first-order valence-corrected chi connectivity index (χ1v) is 5.83. The van der Waals surface area contributed by atoms with Crippen molar-refractivity contribution in [3.05, 3.63) is 28.4 Å². The number of aromatic nitrogens is 2. The van der Waals surface area contributed by atoms with Crippen LogP contribution in [0.15, 0.2) is 17.2 Å². The second kappa shape index (κ2) is 6.43. The van der Waals surface area contributed by atoms with E-state index in [-0.39, 0.29) is 5.69 Å². The van der Waals surface area contributed by atoms with Gasteiger partial charge in [-0.1, -0.05) is 13.8 Å². The molecule has 0 bridgehead atoms. The van der Waals surface area contributed by atoms with Gasteiger partial charge in [0, 0.05) is 25.5 Å². The molecule has 0 saturated heterocycles. The predicted octanol–water partition coefficient (Wildman–Crippen LogP) is 1.19. The van der Waals surface area contributed by atoms with E-state index >= 15 is 0 Å². The molecule has 0 aromatic carbocycles. The molecule has 0 amide bonds. The monoisotopic (exact) mass is 223 g/mol. The van der Waals surface area contributed by atoms with Crippen molar-refractivity contribution in [3.63, 3.8) is 0 Å². The van der Waals surface area contributed by atoms with E-state index in [0.717, 1.165) is 24.6 Å². The molecule has 0 atom stereocenters. The highest BCUT2D eigenvalue weighted by Crippen LogP contribution is 1.96. The molecule has 0 fully saturated rings. The average Bonchev–Trinajstić information content (AvgIpc) is 2.22. The number of rotatable bonds is 6. The Balaban J connectivity index is 2.32. The van der Waals surface area contributed by atoms with Crippen LogP contribution in [0.25, 0.3) is 0 Å². The van der Waals surface area contributed by atoms with Crippen LogP contribution in [0.2, 0.25) is 0 Å². The molecule has 1 N–H and O–H groups in total. The minimum absolute atomic E-state index is 0.170. The van der Waals surface area contributed by atoms with Crippen LogP contribution in [0.3, 0.4) is 0 Å². The van der Waals surface area contributed by atoms with Gasteiger partial charge in [0.25, 0.3) is 0 Å². The van der Waals surface area contributed by atoms with E-state index < -0.39 is 0 Å². The topological polar surface area (TPSA) is 46.9 Å². The van der Waals surface area contributed by atoms with Gasteiger partial charge < -0.3 is 5.32 Å². The van der Waals surface area contributed by atoms with Crippen LogP contribution in [-0.4, -0.2) is 22.6 Å². The van der Waals surface area contributed by atoms with Crippen LogP contribution < -0.4 is 11.0 Å². The van der Waals surface area contributed by atoms with Gasteiger partial charge in [0.2, 0.25) is 0 Å². The largest absolute Gasteiger partial charge is 0.347 e. The summed E-state index contributed by atoms with van der Waals surface area (Å²) in [6.45, 7) is 8.86. The molecule has 0 aliphatic heterocycles. The summed E-state index contributed by atoms with van der Waals surface area (Å²) in [6.07, 6.45) is 4.62. The summed E-state index contributed by atoms with van der Waals surface area (Å²) in [7, 11) is 0. The zero-order chi connectivity index (χ0) is 12.0. The normalized spacial score (nSPS) is 11.0. The van der Waals surface area contributed by atoms with E-state index in [1.165, 1.54) is 6.42 Å². The quantitative estimate of drug-likeness (QED) is 0.737. The summed E-state index contributed by atoms with van der Waals surface area (Å²) < 4.78 is 1.65. The highest BCUT2D eigenvalue weighted by atomic mass is 16.1. The summed E-state index contributed by atoms with van der Waals surface area (Å²) in [6, 6.07) is 0. The summed E-state index contributed by atoms with van der Waals surface area (Å²) in [4.78, 5) is 15.2. The van der Waals surface area contributed by atoms with E-state index in [0.29, 0.717) is 6.54 Å². The van der Waals surface area contributed by atoms with Crippen LogP contribution >= 0.6 is 0 Å². The maximum atomic E-state index is 11.4. The van der Waals surface area contributed by atoms with E-state index in [1.807, 2.05) is 13.1 Å². The van der Waals surface area contributed by atoms with Crippen molar-refractivity contribution in [1.29, 1.82) is 0 Å². The van der Waals surface area contributed by atoms with Gasteiger partial charge in [-0.25, -0.2) is 9.78 Å². The summed E-state index contributed by atoms with van der Waals surface area (Å²) in [5.41, 5.74) is 0.845. The number of nitrogens with one attached hydrogen (secondary N) is 1. The molecule has 0 unspecified atom stereocenters. The Kier molecular flexibility index (Phi) is 5.19. The molecule has 0 aliphatic rings. The molecule has 1 aromatic heterocycles. The SMILES string of the molecule is Cc1cnc(=O)n(CCNCCC(C)C)c1. The van der Waals surface area contributed by atoms with Crippen molar-refractivity contribution in [2.75, 3.05) is 13.1 Å². The van der Waals surface area contributed by atoms with Gasteiger partial charge >= 0.3 is 5.69 Å². The van der Waals surface area contributed by atoms with Gasteiger partial charge in [-0.15, -0.1) is 0 Å². The zero-order valence-corrected chi connectivity index (χ0v) is 10.4. The molecule has 0 aliphatic carbocycles. The lowest BCUT2D eigenvalue weighted by Crippen LogP contribution is -2.29.